The first-order valence-electron chi connectivity index (χ1n) is 7.19. The maximum Gasteiger partial charge on any atom is 0.242 e. The topological polar surface area (TPSA) is 93.2 Å². The molecule has 6 nitrogen and oxygen atoms in total. The predicted octanol–water partition coefficient (Wildman–Crippen LogP) is 1.40. The zero-order valence-electron chi connectivity index (χ0n) is 12.9. The number of nitrogens with zero attached hydrogens (tertiary/aromatic N) is 1. The maximum atomic E-state index is 12.6. The summed E-state index contributed by atoms with van der Waals surface area (Å²) in [5, 5.41) is 0.733. The summed E-state index contributed by atoms with van der Waals surface area (Å²) in [6.45, 7) is 1.78. The van der Waals surface area contributed by atoms with Crippen molar-refractivity contribution in [3.8, 4) is 0 Å². The second-order valence-electron chi connectivity index (χ2n) is 6.12. The number of fused-ring (bicyclic) bond motifs is 1. The van der Waals surface area contributed by atoms with E-state index in [1.807, 2.05) is 13.0 Å². The highest BCUT2D eigenvalue weighted by molar-refractivity contribution is 7.92. The van der Waals surface area contributed by atoms with Crippen LogP contribution in [0.2, 0.25) is 0 Å². The minimum Gasteiger partial charge on any atom is -0.255 e. The van der Waals surface area contributed by atoms with E-state index in [1.54, 1.807) is 18.3 Å². The first-order chi connectivity index (χ1) is 10.6. The van der Waals surface area contributed by atoms with E-state index in [-0.39, 0.29) is 11.4 Å². The summed E-state index contributed by atoms with van der Waals surface area (Å²) in [6, 6.07) is 6.79. The van der Waals surface area contributed by atoms with E-state index < -0.39 is 24.6 Å². The van der Waals surface area contributed by atoms with Gasteiger partial charge in [-0.05, 0) is 37.5 Å². The second kappa shape index (κ2) is 5.25. The number of para-hydroxylation sites is 1. The van der Waals surface area contributed by atoms with Gasteiger partial charge in [-0.3, -0.25) is 4.98 Å². The maximum absolute atomic E-state index is 12.6. The Balaban J connectivity index is 1.95. The van der Waals surface area contributed by atoms with Crippen molar-refractivity contribution in [2.45, 2.75) is 29.4 Å². The first-order valence-corrected chi connectivity index (χ1v) is 10.6. The molecule has 1 fully saturated rings. The summed E-state index contributed by atoms with van der Waals surface area (Å²) in [5.41, 5.74) is 1.32. The first kappa shape index (κ1) is 16.4. The van der Waals surface area contributed by atoms with Gasteiger partial charge in [0.2, 0.25) is 10.0 Å². The van der Waals surface area contributed by atoms with Crippen LogP contribution < -0.4 is 4.72 Å². The van der Waals surface area contributed by atoms with Gasteiger partial charge in [0.15, 0.2) is 9.84 Å². The van der Waals surface area contributed by atoms with Crippen molar-refractivity contribution in [1.29, 1.82) is 0 Å². The molecule has 0 spiro atoms. The van der Waals surface area contributed by atoms with Crippen LogP contribution >= 0.6 is 0 Å². The Hall–Kier alpha value is -1.51. The Morgan fingerprint density at radius 3 is 2.52 bits per heavy atom. The molecular weight excluding hydrogens is 336 g/mol. The molecule has 0 saturated heterocycles. The average molecular weight is 354 g/mol. The number of benzene rings is 1. The lowest BCUT2D eigenvalue weighted by Crippen LogP contribution is -2.38. The van der Waals surface area contributed by atoms with Gasteiger partial charge in [0, 0.05) is 24.4 Å². The molecule has 0 bridgehead atoms. The van der Waals surface area contributed by atoms with Crippen LogP contribution in [0.25, 0.3) is 10.9 Å². The molecule has 1 aromatic heterocycles. The number of sulfonamides is 1. The third kappa shape index (κ3) is 2.98. The van der Waals surface area contributed by atoms with E-state index >= 15 is 0 Å². The summed E-state index contributed by atoms with van der Waals surface area (Å²) in [4.78, 5) is 4.29. The fourth-order valence-electron chi connectivity index (χ4n) is 2.58. The van der Waals surface area contributed by atoms with E-state index in [1.165, 1.54) is 6.07 Å². The largest absolute Gasteiger partial charge is 0.255 e. The number of rotatable bonds is 5. The SMILES string of the molecule is Cc1cnc2c(S(=O)(=O)NCC3(S(C)(=O)=O)CC3)cccc2c1. The van der Waals surface area contributed by atoms with Gasteiger partial charge in [-0.15, -0.1) is 0 Å². The highest BCUT2D eigenvalue weighted by Gasteiger charge is 2.52. The minimum atomic E-state index is -3.83. The molecular formula is C15H18N2O4S2. The lowest BCUT2D eigenvalue weighted by atomic mass is 10.2. The van der Waals surface area contributed by atoms with Crippen molar-refractivity contribution in [3.05, 3.63) is 36.0 Å². The van der Waals surface area contributed by atoms with Crippen LogP contribution in [0.5, 0.6) is 0 Å². The van der Waals surface area contributed by atoms with E-state index in [0.717, 1.165) is 17.2 Å². The molecule has 1 heterocycles. The predicted molar refractivity (Wildman–Crippen MR) is 88.5 cm³/mol. The fourth-order valence-corrected chi connectivity index (χ4v) is 5.16. The number of pyridine rings is 1. The summed E-state index contributed by atoms with van der Waals surface area (Å²) in [5.74, 6) is 0. The van der Waals surface area contributed by atoms with Gasteiger partial charge in [0.05, 0.1) is 10.3 Å². The van der Waals surface area contributed by atoms with Crippen molar-refractivity contribution >= 4 is 30.8 Å². The Bertz CT molecular complexity index is 978. The number of hydrogen-bond acceptors (Lipinski definition) is 5. The second-order valence-corrected chi connectivity index (χ2v) is 10.3. The number of sulfone groups is 1. The van der Waals surface area contributed by atoms with Gasteiger partial charge in [-0.2, -0.15) is 0 Å². The molecule has 3 rings (SSSR count). The van der Waals surface area contributed by atoms with Gasteiger partial charge in [-0.25, -0.2) is 21.6 Å². The molecule has 1 aliphatic rings. The molecule has 0 atom stereocenters. The van der Waals surface area contributed by atoms with Crippen LogP contribution in [0, 0.1) is 6.92 Å². The molecule has 1 aliphatic carbocycles. The summed E-state index contributed by atoms with van der Waals surface area (Å²) < 4.78 is 50.2. The molecule has 0 unspecified atom stereocenters. The van der Waals surface area contributed by atoms with Crippen molar-refractivity contribution < 1.29 is 16.8 Å². The van der Waals surface area contributed by atoms with Gasteiger partial charge >= 0.3 is 0 Å². The van der Waals surface area contributed by atoms with Crippen LogP contribution in [0.1, 0.15) is 18.4 Å². The zero-order chi connectivity index (χ0) is 16.9. The lowest BCUT2D eigenvalue weighted by molar-refractivity contribution is 0.567. The molecule has 1 saturated carbocycles. The van der Waals surface area contributed by atoms with E-state index in [0.29, 0.717) is 18.4 Å². The number of aryl methyl sites for hydroxylation is 1. The third-order valence-electron chi connectivity index (χ3n) is 4.28. The van der Waals surface area contributed by atoms with Crippen LogP contribution in [0.15, 0.2) is 35.4 Å². The number of hydrogen-bond donors (Lipinski definition) is 1. The number of aromatic nitrogens is 1. The van der Waals surface area contributed by atoms with Gasteiger partial charge in [0.25, 0.3) is 0 Å². The van der Waals surface area contributed by atoms with E-state index in [9.17, 15) is 16.8 Å². The Labute approximate surface area is 135 Å². The smallest absolute Gasteiger partial charge is 0.242 e. The van der Waals surface area contributed by atoms with Crippen molar-refractivity contribution in [3.63, 3.8) is 0 Å². The van der Waals surface area contributed by atoms with E-state index in [2.05, 4.69) is 9.71 Å². The Morgan fingerprint density at radius 2 is 1.91 bits per heavy atom. The van der Waals surface area contributed by atoms with Crippen LogP contribution in [0.4, 0.5) is 0 Å². The van der Waals surface area contributed by atoms with Crippen molar-refractivity contribution in [1.82, 2.24) is 9.71 Å². The summed E-state index contributed by atoms with van der Waals surface area (Å²) >= 11 is 0. The van der Waals surface area contributed by atoms with E-state index in [4.69, 9.17) is 0 Å². The summed E-state index contributed by atoms with van der Waals surface area (Å²) in [7, 11) is -7.12. The molecule has 124 valence electrons. The van der Waals surface area contributed by atoms with Crippen LogP contribution in [-0.2, 0) is 19.9 Å². The monoisotopic (exact) mass is 354 g/mol. The van der Waals surface area contributed by atoms with Gasteiger partial charge in [0.1, 0.15) is 4.90 Å². The van der Waals surface area contributed by atoms with Crippen molar-refractivity contribution in [2.75, 3.05) is 12.8 Å². The highest BCUT2D eigenvalue weighted by atomic mass is 32.2. The summed E-state index contributed by atoms with van der Waals surface area (Å²) in [6.07, 6.45) is 3.74. The number of nitrogens with one attached hydrogen (secondary N) is 1. The van der Waals surface area contributed by atoms with Gasteiger partial charge in [-0.1, -0.05) is 12.1 Å². The van der Waals surface area contributed by atoms with Crippen LogP contribution in [0.3, 0.4) is 0 Å². The molecule has 0 radical (unpaired) electrons. The third-order valence-corrected chi connectivity index (χ3v) is 7.84. The molecule has 0 amide bonds. The zero-order valence-corrected chi connectivity index (χ0v) is 14.5. The standard InChI is InChI=1S/C15H18N2O4S2/c1-11-8-12-4-3-5-13(14(12)16-9-11)23(20,21)17-10-15(6-7-15)22(2,18)19/h3-5,8-9,17H,6-7,10H2,1-2H3. The molecule has 8 heteroatoms. The van der Waals surface area contributed by atoms with Crippen LogP contribution in [-0.4, -0.2) is 39.4 Å². The molecule has 1 N–H and O–H groups in total. The molecule has 2 aromatic rings. The normalized spacial score (nSPS) is 17.3. The average Bonchev–Trinajstić information content (AvgIpc) is 3.25. The molecule has 23 heavy (non-hydrogen) atoms. The quantitative estimate of drug-likeness (QED) is 0.876. The van der Waals surface area contributed by atoms with Crippen molar-refractivity contribution in [2.24, 2.45) is 0 Å². The highest BCUT2D eigenvalue weighted by Crippen LogP contribution is 2.42. The lowest BCUT2D eigenvalue weighted by Gasteiger charge is -2.15. The Morgan fingerprint density at radius 1 is 1.22 bits per heavy atom. The Kier molecular flexibility index (Phi) is 3.74. The molecule has 0 aliphatic heterocycles. The van der Waals surface area contributed by atoms with Gasteiger partial charge < -0.3 is 0 Å². The minimum absolute atomic E-state index is 0.0688. The fraction of sp³-hybridized carbons (Fsp3) is 0.400. The molecule has 1 aromatic carbocycles.